The number of benzene rings is 2. The van der Waals surface area contributed by atoms with Gasteiger partial charge in [-0.25, -0.2) is 4.39 Å². The van der Waals surface area contributed by atoms with E-state index in [2.05, 4.69) is 10.5 Å². The molecule has 0 bridgehead atoms. The first-order valence-electron chi connectivity index (χ1n) is 6.97. The Balaban J connectivity index is 1.71. The van der Waals surface area contributed by atoms with Gasteiger partial charge in [0.1, 0.15) is 5.82 Å². The summed E-state index contributed by atoms with van der Waals surface area (Å²) >= 11 is 0. The van der Waals surface area contributed by atoms with Gasteiger partial charge in [-0.05, 0) is 24.3 Å². The lowest BCUT2D eigenvalue weighted by molar-refractivity contribution is -0.111. The van der Waals surface area contributed by atoms with Gasteiger partial charge >= 0.3 is 0 Å². The van der Waals surface area contributed by atoms with Crippen LogP contribution >= 0.6 is 0 Å². The topological polar surface area (TPSA) is 55.1 Å². The van der Waals surface area contributed by atoms with Crippen molar-refractivity contribution in [2.75, 3.05) is 5.32 Å². The molecule has 2 aromatic carbocycles. The summed E-state index contributed by atoms with van der Waals surface area (Å²) in [5.74, 6) is -0.102. The highest BCUT2D eigenvalue weighted by atomic mass is 19.1. The normalized spacial score (nSPS) is 10.8. The number of nitrogens with one attached hydrogen (secondary N) is 1. The van der Waals surface area contributed by atoms with Gasteiger partial charge < -0.3 is 9.84 Å². The molecule has 0 radical (unpaired) electrons. The Morgan fingerprint density at radius 1 is 1.13 bits per heavy atom. The zero-order valence-electron chi connectivity index (χ0n) is 12.1. The van der Waals surface area contributed by atoms with Crippen molar-refractivity contribution in [1.82, 2.24) is 5.16 Å². The summed E-state index contributed by atoms with van der Waals surface area (Å²) in [5.41, 5.74) is 1.78. The molecule has 0 saturated carbocycles. The Kier molecular flexibility index (Phi) is 4.29. The third-order valence-electron chi connectivity index (χ3n) is 3.17. The second kappa shape index (κ2) is 6.70. The molecule has 0 aliphatic heterocycles. The van der Waals surface area contributed by atoms with Crippen molar-refractivity contribution in [3.63, 3.8) is 0 Å². The zero-order valence-corrected chi connectivity index (χ0v) is 12.1. The predicted molar refractivity (Wildman–Crippen MR) is 86.0 cm³/mol. The maximum atomic E-state index is 13.5. The van der Waals surface area contributed by atoms with E-state index in [9.17, 15) is 9.18 Å². The Bertz CT molecular complexity index is 842. The standard InChI is InChI=1S/C18H13FN2O2/c19-16-7-2-1-4-13(16)8-9-18(22)21-15-6-3-5-14(12-15)17-10-11-20-23-17/h1-12H,(H,21,22). The smallest absolute Gasteiger partial charge is 0.248 e. The summed E-state index contributed by atoms with van der Waals surface area (Å²) in [6.07, 6.45) is 4.28. The Morgan fingerprint density at radius 3 is 2.78 bits per heavy atom. The lowest BCUT2D eigenvalue weighted by atomic mass is 10.1. The maximum Gasteiger partial charge on any atom is 0.248 e. The van der Waals surface area contributed by atoms with E-state index >= 15 is 0 Å². The number of nitrogens with zero attached hydrogens (tertiary/aromatic N) is 1. The first-order chi connectivity index (χ1) is 11.2. The Hall–Kier alpha value is -3.21. The van der Waals surface area contributed by atoms with E-state index in [-0.39, 0.29) is 11.7 Å². The van der Waals surface area contributed by atoms with E-state index in [1.54, 1.807) is 48.7 Å². The van der Waals surface area contributed by atoms with Gasteiger partial charge in [-0.15, -0.1) is 0 Å². The fraction of sp³-hybridized carbons (Fsp3) is 0. The van der Waals surface area contributed by atoms with Crippen LogP contribution in [0.3, 0.4) is 0 Å². The Labute approximate surface area is 132 Å². The lowest BCUT2D eigenvalue weighted by Crippen LogP contribution is -2.07. The molecular weight excluding hydrogens is 295 g/mol. The maximum absolute atomic E-state index is 13.5. The van der Waals surface area contributed by atoms with Crippen molar-refractivity contribution < 1.29 is 13.7 Å². The minimum absolute atomic E-state index is 0.344. The second-order valence-electron chi connectivity index (χ2n) is 4.80. The molecular formula is C18H13FN2O2. The van der Waals surface area contributed by atoms with Crippen LogP contribution in [0.25, 0.3) is 17.4 Å². The molecule has 0 saturated heterocycles. The van der Waals surface area contributed by atoms with Gasteiger partial charge in [0.15, 0.2) is 5.76 Å². The minimum Gasteiger partial charge on any atom is -0.356 e. The van der Waals surface area contributed by atoms with E-state index < -0.39 is 0 Å². The SMILES string of the molecule is O=C(C=Cc1ccccc1F)Nc1cccc(-c2ccno2)c1. The zero-order chi connectivity index (χ0) is 16.1. The van der Waals surface area contributed by atoms with Crippen LogP contribution in [0, 0.1) is 5.82 Å². The number of halogens is 1. The monoisotopic (exact) mass is 308 g/mol. The summed E-state index contributed by atoms with van der Waals surface area (Å²) in [7, 11) is 0. The number of aromatic nitrogens is 1. The van der Waals surface area contributed by atoms with Crippen LogP contribution in [0.15, 0.2) is 71.4 Å². The highest BCUT2D eigenvalue weighted by Crippen LogP contribution is 2.22. The molecule has 1 aromatic heterocycles. The molecule has 0 aliphatic carbocycles. The van der Waals surface area contributed by atoms with Gasteiger partial charge in [0.05, 0.1) is 6.20 Å². The number of hydrogen-bond acceptors (Lipinski definition) is 3. The van der Waals surface area contributed by atoms with E-state index in [0.717, 1.165) is 5.56 Å². The molecule has 0 aliphatic rings. The predicted octanol–water partition coefficient (Wildman–Crippen LogP) is 4.13. The van der Waals surface area contributed by atoms with Gasteiger partial charge in [-0.3, -0.25) is 4.79 Å². The van der Waals surface area contributed by atoms with Crippen molar-refractivity contribution in [2.24, 2.45) is 0 Å². The van der Waals surface area contributed by atoms with Crippen LogP contribution in [-0.4, -0.2) is 11.1 Å². The molecule has 1 heterocycles. The molecule has 1 N–H and O–H groups in total. The average Bonchev–Trinajstić information content (AvgIpc) is 3.09. The lowest BCUT2D eigenvalue weighted by Gasteiger charge is -2.04. The first-order valence-corrected chi connectivity index (χ1v) is 6.97. The van der Waals surface area contributed by atoms with Gasteiger partial charge in [0, 0.05) is 29.0 Å². The van der Waals surface area contributed by atoms with E-state index in [1.165, 1.54) is 18.2 Å². The highest BCUT2D eigenvalue weighted by molar-refractivity contribution is 6.02. The molecule has 0 unspecified atom stereocenters. The third kappa shape index (κ3) is 3.71. The van der Waals surface area contributed by atoms with E-state index in [4.69, 9.17) is 4.52 Å². The molecule has 5 heteroatoms. The molecule has 23 heavy (non-hydrogen) atoms. The molecule has 3 rings (SSSR count). The number of rotatable bonds is 4. The Morgan fingerprint density at radius 2 is 2.00 bits per heavy atom. The highest BCUT2D eigenvalue weighted by Gasteiger charge is 2.04. The summed E-state index contributed by atoms with van der Waals surface area (Å²) in [5, 5.41) is 6.38. The largest absolute Gasteiger partial charge is 0.356 e. The molecule has 0 atom stereocenters. The molecule has 0 fully saturated rings. The van der Waals surface area contributed by atoms with Crippen LogP contribution in [0.1, 0.15) is 5.56 Å². The van der Waals surface area contributed by atoms with Crippen molar-refractivity contribution in [2.45, 2.75) is 0 Å². The third-order valence-corrected chi connectivity index (χ3v) is 3.17. The van der Waals surface area contributed by atoms with Crippen LogP contribution in [0.2, 0.25) is 0 Å². The van der Waals surface area contributed by atoms with Crippen molar-refractivity contribution in [1.29, 1.82) is 0 Å². The summed E-state index contributed by atoms with van der Waals surface area (Å²) < 4.78 is 18.6. The van der Waals surface area contributed by atoms with E-state index in [0.29, 0.717) is 17.0 Å². The summed E-state index contributed by atoms with van der Waals surface area (Å²) in [4.78, 5) is 11.9. The number of carbonyl (C=O) groups is 1. The van der Waals surface area contributed by atoms with Gasteiger partial charge in [-0.1, -0.05) is 35.5 Å². The van der Waals surface area contributed by atoms with Crippen LogP contribution in [0.5, 0.6) is 0 Å². The average molecular weight is 308 g/mol. The van der Waals surface area contributed by atoms with Crippen LogP contribution in [-0.2, 0) is 4.79 Å². The molecule has 1 amide bonds. The van der Waals surface area contributed by atoms with Gasteiger partial charge in [0.2, 0.25) is 5.91 Å². The quantitative estimate of drug-likeness (QED) is 0.737. The van der Waals surface area contributed by atoms with Crippen molar-refractivity contribution in [3.8, 4) is 11.3 Å². The van der Waals surface area contributed by atoms with Crippen molar-refractivity contribution >= 4 is 17.7 Å². The van der Waals surface area contributed by atoms with Crippen LogP contribution < -0.4 is 5.32 Å². The fourth-order valence-corrected chi connectivity index (χ4v) is 2.07. The summed E-state index contributed by atoms with van der Waals surface area (Å²) in [6, 6.07) is 15.2. The summed E-state index contributed by atoms with van der Waals surface area (Å²) in [6.45, 7) is 0. The minimum atomic E-state index is -0.371. The van der Waals surface area contributed by atoms with Gasteiger partial charge in [0.25, 0.3) is 0 Å². The van der Waals surface area contributed by atoms with Crippen molar-refractivity contribution in [3.05, 3.63) is 78.3 Å². The van der Waals surface area contributed by atoms with Gasteiger partial charge in [-0.2, -0.15) is 0 Å². The second-order valence-corrected chi connectivity index (χ2v) is 4.80. The van der Waals surface area contributed by atoms with Crippen LogP contribution in [0.4, 0.5) is 10.1 Å². The fourth-order valence-electron chi connectivity index (χ4n) is 2.07. The number of hydrogen-bond donors (Lipinski definition) is 1. The number of anilines is 1. The number of carbonyl (C=O) groups excluding carboxylic acids is 1. The molecule has 0 spiro atoms. The molecule has 3 aromatic rings. The number of amides is 1. The van der Waals surface area contributed by atoms with E-state index in [1.807, 2.05) is 6.07 Å². The molecule has 114 valence electrons. The molecule has 4 nitrogen and oxygen atoms in total. The first kappa shape index (κ1) is 14.7.